The molecule has 16 heavy (non-hydrogen) atoms. The molecule has 0 atom stereocenters. The van der Waals surface area contributed by atoms with Crippen molar-refractivity contribution in [3.8, 4) is 11.4 Å². The Morgan fingerprint density at radius 1 is 0.812 bits per heavy atom. The Kier molecular flexibility index (Phi) is 2.07. The fourth-order valence-corrected chi connectivity index (χ4v) is 1.79. The van der Waals surface area contributed by atoms with Crippen LogP contribution in [0.3, 0.4) is 0 Å². The lowest BCUT2D eigenvalue weighted by Gasteiger charge is -2.03. The van der Waals surface area contributed by atoms with Gasteiger partial charge in [0.05, 0.1) is 6.20 Å². The molecule has 0 bridgehead atoms. The minimum atomic E-state index is 0.666. The molecule has 3 aromatic rings. The lowest BCUT2D eigenvalue weighted by molar-refractivity contribution is 0.981. The maximum Gasteiger partial charge on any atom is 0.182 e. The number of hydrogen-bond donors (Lipinski definition) is 0. The summed E-state index contributed by atoms with van der Waals surface area (Å²) in [7, 11) is 0. The Morgan fingerprint density at radius 2 is 1.69 bits per heavy atom. The molecule has 0 fully saturated rings. The van der Waals surface area contributed by atoms with Crippen LogP contribution in [-0.4, -0.2) is 15.2 Å². The van der Waals surface area contributed by atoms with Crippen LogP contribution in [-0.2, 0) is 0 Å². The van der Waals surface area contributed by atoms with Gasteiger partial charge in [-0.15, -0.1) is 5.10 Å². The Balaban J connectivity index is 2.32. The van der Waals surface area contributed by atoms with Crippen molar-refractivity contribution in [2.24, 2.45) is 0 Å². The maximum atomic E-state index is 4.23. The van der Waals surface area contributed by atoms with Crippen LogP contribution in [0.4, 0.5) is 0 Å². The molecule has 0 amide bonds. The first-order valence-electron chi connectivity index (χ1n) is 5.07. The summed E-state index contributed by atoms with van der Waals surface area (Å²) < 4.78 is 0. The molecule has 0 aliphatic carbocycles. The van der Waals surface area contributed by atoms with E-state index in [4.69, 9.17) is 0 Å². The monoisotopic (exact) mass is 207 g/mol. The molecule has 0 spiro atoms. The van der Waals surface area contributed by atoms with E-state index in [0.29, 0.717) is 5.82 Å². The number of fused-ring (bicyclic) bond motifs is 1. The van der Waals surface area contributed by atoms with Gasteiger partial charge in [0.25, 0.3) is 0 Å². The number of aromatic nitrogens is 3. The van der Waals surface area contributed by atoms with E-state index in [-0.39, 0.29) is 0 Å². The van der Waals surface area contributed by atoms with Crippen molar-refractivity contribution in [3.05, 3.63) is 54.9 Å². The summed E-state index contributed by atoms with van der Waals surface area (Å²) in [6, 6.07) is 14.3. The zero-order valence-electron chi connectivity index (χ0n) is 8.54. The van der Waals surface area contributed by atoms with Crippen LogP contribution in [0.2, 0.25) is 0 Å². The van der Waals surface area contributed by atoms with Gasteiger partial charge in [-0.05, 0) is 10.8 Å². The maximum absolute atomic E-state index is 4.23. The predicted molar refractivity (Wildman–Crippen MR) is 62.8 cm³/mol. The summed E-state index contributed by atoms with van der Waals surface area (Å²) in [5.41, 5.74) is 1.02. The summed E-state index contributed by atoms with van der Waals surface area (Å²) in [6.07, 6.45) is 3.23. The molecule has 3 rings (SSSR count). The zero-order valence-corrected chi connectivity index (χ0v) is 8.54. The average molecular weight is 207 g/mol. The lowest BCUT2D eigenvalue weighted by Crippen LogP contribution is -1.90. The molecule has 0 unspecified atom stereocenters. The van der Waals surface area contributed by atoms with Crippen molar-refractivity contribution >= 4 is 10.8 Å². The molecular formula is C13H9N3. The van der Waals surface area contributed by atoms with Gasteiger partial charge in [-0.2, -0.15) is 5.10 Å². The van der Waals surface area contributed by atoms with E-state index in [2.05, 4.69) is 33.4 Å². The van der Waals surface area contributed by atoms with Gasteiger partial charge in [-0.1, -0.05) is 42.5 Å². The summed E-state index contributed by atoms with van der Waals surface area (Å²) >= 11 is 0. The molecule has 1 aromatic heterocycles. The Bertz CT molecular complexity index is 615. The Hall–Kier alpha value is -2.29. The van der Waals surface area contributed by atoms with Gasteiger partial charge < -0.3 is 0 Å². The second-order valence-corrected chi connectivity index (χ2v) is 3.49. The van der Waals surface area contributed by atoms with Crippen LogP contribution in [0, 0.1) is 0 Å². The van der Waals surface area contributed by atoms with Gasteiger partial charge in [-0.3, -0.25) is 0 Å². The minimum Gasteiger partial charge on any atom is -0.233 e. The van der Waals surface area contributed by atoms with E-state index in [1.165, 1.54) is 5.39 Å². The van der Waals surface area contributed by atoms with Gasteiger partial charge in [0.15, 0.2) is 5.82 Å². The Morgan fingerprint density at radius 3 is 2.56 bits per heavy atom. The number of nitrogens with zero attached hydrogens (tertiary/aromatic N) is 3. The molecule has 0 saturated heterocycles. The standard InChI is InChI=1S/C13H9N3/c1-2-6-11-10(4-1)5-3-7-12(11)13-14-8-9-15-16-13/h1-9H. The van der Waals surface area contributed by atoms with Crippen molar-refractivity contribution in [3.63, 3.8) is 0 Å². The first-order chi connectivity index (χ1) is 7.95. The highest BCUT2D eigenvalue weighted by molar-refractivity contribution is 5.94. The lowest BCUT2D eigenvalue weighted by atomic mass is 10.0. The SMILES string of the molecule is c1ccc2c(-c3nccnn3)cccc2c1. The van der Waals surface area contributed by atoms with E-state index in [1.807, 2.05) is 24.3 Å². The molecule has 0 aliphatic rings. The van der Waals surface area contributed by atoms with Crippen molar-refractivity contribution < 1.29 is 0 Å². The fraction of sp³-hybridized carbons (Fsp3) is 0. The second kappa shape index (κ2) is 3.70. The quantitative estimate of drug-likeness (QED) is 0.615. The van der Waals surface area contributed by atoms with E-state index in [1.54, 1.807) is 12.4 Å². The second-order valence-electron chi connectivity index (χ2n) is 3.49. The summed E-state index contributed by atoms with van der Waals surface area (Å²) in [6.45, 7) is 0. The van der Waals surface area contributed by atoms with Gasteiger partial charge in [0, 0.05) is 11.8 Å². The van der Waals surface area contributed by atoms with Crippen LogP contribution in [0.5, 0.6) is 0 Å². The largest absolute Gasteiger partial charge is 0.233 e. The third-order valence-corrected chi connectivity index (χ3v) is 2.51. The molecule has 3 heteroatoms. The average Bonchev–Trinajstić information content (AvgIpc) is 2.39. The van der Waals surface area contributed by atoms with Gasteiger partial charge in [0.1, 0.15) is 0 Å². The first-order valence-corrected chi connectivity index (χ1v) is 5.07. The molecule has 2 aromatic carbocycles. The first kappa shape index (κ1) is 8.97. The number of hydrogen-bond acceptors (Lipinski definition) is 3. The van der Waals surface area contributed by atoms with E-state index >= 15 is 0 Å². The third-order valence-electron chi connectivity index (χ3n) is 2.51. The highest BCUT2D eigenvalue weighted by Gasteiger charge is 2.04. The van der Waals surface area contributed by atoms with Gasteiger partial charge in [-0.25, -0.2) is 4.98 Å². The van der Waals surface area contributed by atoms with Crippen molar-refractivity contribution in [2.75, 3.05) is 0 Å². The van der Waals surface area contributed by atoms with Crippen molar-refractivity contribution in [2.45, 2.75) is 0 Å². The summed E-state index contributed by atoms with van der Waals surface area (Å²) in [5.74, 6) is 0.666. The van der Waals surface area contributed by atoms with Crippen molar-refractivity contribution in [1.82, 2.24) is 15.2 Å². The zero-order chi connectivity index (χ0) is 10.8. The van der Waals surface area contributed by atoms with E-state index in [0.717, 1.165) is 10.9 Å². The van der Waals surface area contributed by atoms with Crippen LogP contribution < -0.4 is 0 Å². The van der Waals surface area contributed by atoms with E-state index < -0.39 is 0 Å². The molecular weight excluding hydrogens is 198 g/mol. The van der Waals surface area contributed by atoms with Crippen LogP contribution >= 0.6 is 0 Å². The summed E-state index contributed by atoms with van der Waals surface area (Å²) in [4.78, 5) is 4.23. The Labute approximate surface area is 92.8 Å². The highest BCUT2D eigenvalue weighted by Crippen LogP contribution is 2.24. The molecule has 0 N–H and O–H groups in total. The fourth-order valence-electron chi connectivity index (χ4n) is 1.79. The van der Waals surface area contributed by atoms with Crippen LogP contribution in [0.15, 0.2) is 54.9 Å². The topological polar surface area (TPSA) is 38.7 Å². The third kappa shape index (κ3) is 1.42. The van der Waals surface area contributed by atoms with E-state index in [9.17, 15) is 0 Å². The van der Waals surface area contributed by atoms with Gasteiger partial charge >= 0.3 is 0 Å². The molecule has 3 nitrogen and oxygen atoms in total. The molecule has 0 saturated carbocycles. The van der Waals surface area contributed by atoms with Crippen molar-refractivity contribution in [1.29, 1.82) is 0 Å². The van der Waals surface area contributed by atoms with Gasteiger partial charge in [0.2, 0.25) is 0 Å². The molecule has 1 heterocycles. The summed E-state index contributed by atoms with van der Waals surface area (Å²) in [5, 5.41) is 10.2. The molecule has 0 radical (unpaired) electrons. The van der Waals surface area contributed by atoms with Crippen LogP contribution in [0.25, 0.3) is 22.2 Å². The van der Waals surface area contributed by atoms with Crippen LogP contribution in [0.1, 0.15) is 0 Å². The number of rotatable bonds is 1. The minimum absolute atomic E-state index is 0.666. The smallest absolute Gasteiger partial charge is 0.182 e. The molecule has 0 aliphatic heterocycles. The molecule has 76 valence electrons. The number of benzene rings is 2. The predicted octanol–water partition coefficient (Wildman–Crippen LogP) is 2.69. The normalized spacial score (nSPS) is 10.5. The highest BCUT2D eigenvalue weighted by atomic mass is 15.1.